The molecular formula is C26H29NO4. The van der Waals surface area contributed by atoms with Crippen molar-refractivity contribution < 1.29 is 18.7 Å². The number of benzene rings is 2. The number of carbonyl (C=O) groups excluding carboxylic acids is 1. The third-order valence-electron chi connectivity index (χ3n) is 5.15. The summed E-state index contributed by atoms with van der Waals surface area (Å²) in [7, 11) is 5.15. The Labute approximate surface area is 183 Å². The van der Waals surface area contributed by atoms with Crippen molar-refractivity contribution in [3.8, 4) is 22.6 Å². The molecule has 0 aliphatic carbocycles. The second-order valence-corrected chi connectivity index (χ2v) is 7.78. The van der Waals surface area contributed by atoms with Crippen LogP contribution < -0.4 is 9.47 Å². The SMILES string of the molecule is COc1cc(-c2cc(C)c(/C=C(\C)C(=O)N(C)C)cc2C)ccc1OCc1ccco1. The fourth-order valence-corrected chi connectivity index (χ4v) is 3.45. The van der Waals surface area contributed by atoms with E-state index in [1.807, 2.05) is 43.3 Å². The fourth-order valence-electron chi connectivity index (χ4n) is 3.45. The van der Waals surface area contributed by atoms with E-state index >= 15 is 0 Å². The highest BCUT2D eigenvalue weighted by Gasteiger charge is 2.12. The van der Waals surface area contributed by atoms with Crippen LogP contribution >= 0.6 is 0 Å². The van der Waals surface area contributed by atoms with Crippen LogP contribution in [0.2, 0.25) is 0 Å². The molecule has 1 aromatic heterocycles. The van der Waals surface area contributed by atoms with Gasteiger partial charge >= 0.3 is 0 Å². The van der Waals surface area contributed by atoms with Gasteiger partial charge in [0, 0.05) is 19.7 Å². The molecule has 31 heavy (non-hydrogen) atoms. The number of carbonyl (C=O) groups is 1. The second-order valence-electron chi connectivity index (χ2n) is 7.78. The first-order chi connectivity index (χ1) is 14.8. The van der Waals surface area contributed by atoms with E-state index in [4.69, 9.17) is 13.9 Å². The van der Waals surface area contributed by atoms with E-state index in [2.05, 4.69) is 26.0 Å². The summed E-state index contributed by atoms with van der Waals surface area (Å²) in [6, 6.07) is 13.9. The van der Waals surface area contributed by atoms with Crippen LogP contribution in [0.3, 0.4) is 0 Å². The smallest absolute Gasteiger partial charge is 0.248 e. The molecule has 0 aliphatic heterocycles. The standard InChI is InChI=1S/C26H29NO4/c1-17-14-23(18(2)12-21(17)13-19(3)26(28)27(4)5)20-9-10-24(25(15-20)29-6)31-16-22-8-7-11-30-22/h7-15H,16H2,1-6H3/b19-13+. The predicted molar refractivity (Wildman–Crippen MR) is 123 cm³/mol. The van der Waals surface area contributed by atoms with Crippen LogP contribution in [0.4, 0.5) is 0 Å². The van der Waals surface area contributed by atoms with Gasteiger partial charge in [0.15, 0.2) is 11.5 Å². The average Bonchev–Trinajstić information content (AvgIpc) is 3.27. The molecule has 1 heterocycles. The highest BCUT2D eigenvalue weighted by atomic mass is 16.5. The number of hydrogen-bond acceptors (Lipinski definition) is 4. The van der Waals surface area contributed by atoms with Crippen molar-refractivity contribution in [1.29, 1.82) is 0 Å². The second kappa shape index (κ2) is 9.56. The molecule has 0 aliphatic rings. The quantitative estimate of drug-likeness (QED) is 0.465. The van der Waals surface area contributed by atoms with Gasteiger partial charge in [-0.1, -0.05) is 18.2 Å². The lowest BCUT2D eigenvalue weighted by Gasteiger charge is -2.15. The number of furan rings is 1. The number of likely N-dealkylation sites (N-methyl/N-ethyl adjacent to an activating group) is 1. The Morgan fingerprint density at radius 2 is 1.84 bits per heavy atom. The molecule has 0 saturated heterocycles. The molecular weight excluding hydrogens is 390 g/mol. The highest BCUT2D eigenvalue weighted by Crippen LogP contribution is 2.35. The Kier molecular flexibility index (Phi) is 6.85. The van der Waals surface area contributed by atoms with E-state index in [0.717, 1.165) is 33.6 Å². The summed E-state index contributed by atoms with van der Waals surface area (Å²) in [6.45, 7) is 6.31. The predicted octanol–water partition coefficient (Wildman–Crippen LogP) is 5.64. The Hall–Kier alpha value is -3.47. The van der Waals surface area contributed by atoms with Gasteiger partial charge in [-0.05, 0) is 78.9 Å². The minimum absolute atomic E-state index is 0.0102. The molecule has 0 radical (unpaired) electrons. The number of methoxy groups -OCH3 is 1. The number of aryl methyl sites for hydroxylation is 2. The van der Waals surface area contributed by atoms with Gasteiger partial charge < -0.3 is 18.8 Å². The first-order valence-corrected chi connectivity index (χ1v) is 10.1. The maximum atomic E-state index is 12.2. The van der Waals surface area contributed by atoms with Crippen molar-refractivity contribution in [3.63, 3.8) is 0 Å². The Morgan fingerprint density at radius 3 is 2.48 bits per heavy atom. The van der Waals surface area contributed by atoms with Crippen molar-refractivity contribution in [2.24, 2.45) is 0 Å². The van der Waals surface area contributed by atoms with Gasteiger partial charge in [-0.15, -0.1) is 0 Å². The molecule has 1 amide bonds. The number of rotatable bonds is 7. The minimum Gasteiger partial charge on any atom is -0.493 e. The number of nitrogens with zero attached hydrogens (tertiary/aromatic N) is 1. The summed E-state index contributed by atoms with van der Waals surface area (Å²) in [5.41, 5.74) is 6.12. The van der Waals surface area contributed by atoms with Crippen molar-refractivity contribution >= 4 is 12.0 Å². The van der Waals surface area contributed by atoms with Crippen molar-refractivity contribution in [1.82, 2.24) is 4.90 Å². The fraction of sp³-hybridized carbons (Fsp3) is 0.269. The summed E-state index contributed by atoms with van der Waals surface area (Å²) >= 11 is 0. The Bertz CT molecular complexity index is 1090. The summed E-state index contributed by atoms with van der Waals surface area (Å²) in [5, 5.41) is 0. The lowest BCUT2D eigenvalue weighted by molar-refractivity contribution is -0.124. The Balaban J connectivity index is 1.89. The number of amides is 1. The van der Waals surface area contributed by atoms with Crippen LogP contribution in [-0.4, -0.2) is 32.0 Å². The van der Waals surface area contributed by atoms with E-state index in [1.165, 1.54) is 0 Å². The first-order valence-electron chi connectivity index (χ1n) is 10.1. The lowest BCUT2D eigenvalue weighted by atomic mass is 9.94. The summed E-state index contributed by atoms with van der Waals surface area (Å²) in [5.74, 6) is 2.09. The maximum absolute atomic E-state index is 12.2. The van der Waals surface area contributed by atoms with Gasteiger partial charge in [0.1, 0.15) is 12.4 Å². The largest absolute Gasteiger partial charge is 0.493 e. The Morgan fingerprint density at radius 1 is 1.06 bits per heavy atom. The zero-order valence-electron chi connectivity index (χ0n) is 19.0. The summed E-state index contributed by atoms with van der Waals surface area (Å²) in [4.78, 5) is 13.8. The normalized spacial score (nSPS) is 11.4. The highest BCUT2D eigenvalue weighted by molar-refractivity contribution is 5.97. The van der Waals surface area contributed by atoms with Crippen LogP contribution in [0.25, 0.3) is 17.2 Å². The van der Waals surface area contributed by atoms with Gasteiger partial charge in [0.25, 0.3) is 0 Å². The number of hydrogen-bond donors (Lipinski definition) is 0. The molecule has 3 aromatic rings. The van der Waals surface area contributed by atoms with Crippen molar-refractivity contribution in [2.75, 3.05) is 21.2 Å². The number of ether oxygens (including phenoxy) is 2. The zero-order chi connectivity index (χ0) is 22.5. The first kappa shape index (κ1) is 22.2. The molecule has 0 N–H and O–H groups in total. The molecule has 3 rings (SSSR count). The molecule has 2 aromatic carbocycles. The van der Waals surface area contributed by atoms with Crippen molar-refractivity contribution in [3.05, 3.63) is 76.8 Å². The van der Waals surface area contributed by atoms with Crippen LogP contribution in [0.15, 0.2) is 58.7 Å². The average molecular weight is 420 g/mol. The van der Waals surface area contributed by atoms with E-state index in [1.54, 1.807) is 32.4 Å². The molecule has 0 unspecified atom stereocenters. The maximum Gasteiger partial charge on any atom is 0.248 e. The van der Waals surface area contributed by atoms with Gasteiger partial charge in [0.2, 0.25) is 5.91 Å². The molecule has 0 saturated carbocycles. The third kappa shape index (κ3) is 5.18. The van der Waals surface area contributed by atoms with E-state index < -0.39 is 0 Å². The van der Waals surface area contributed by atoms with Crippen molar-refractivity contribution in [2.45, 2.75) is 27.4 Å². The summed E-state index contributed by atoms with van der Waals surface area (Å²) in [6.07, 6.45) is 3.57. The summed E-state index contributed by atoms with van der Waals surface area (Å²) < 4.78 is 16.7. The van der Waals surface area contributed by atoms with Gasteiger partial charge in [0.05, 0.1) is 13.4 Å². The topological polar surface area (TPSA) is 51.9 Å². The van der Waals surface area contributed by atoms with Gasteiger partial charge in [-0.2, -0.15) is 0 Å². The molecule has 162 valence electrons. The minimum atomic E-state index is 0.0102. The van der Waals surface area contributed by atoms with E-state index in [-0.39, 0.29) is 5.91 Å². The van der Waals surface area contributed by atoms with E-state index in [0.29, 0.717) is 23.7 Å². The molecule has 0 fully saturated rings. The van der Waals surface area contributed by atoms with Crippen LogP contribution in [0, 0.1) is 13.8 Å². The van der Waals surface area contributed by atoms with Crippen LogP contribution in [0.5, 0.6) is 11.5 Å². The molecule has 5 nitrogen and oxygen atoms in total. The molecule has 0 bridgehead atoms. The monoisotopic (exact) mass is 419 g/mol. The third-order valence-corrected chi connectivity index (χ3v) is 5.15. The molecule has 5 heteroatoms. The van der Waals surface area contributed by atoms with Gasteiger partial charge in [-0.3, -0.25) is 4.79 Å². The molecule has 0 spiro atoms. The molecule has 0 atom stereocenters. The zero-order valence-corrected chi connectivity index (χ0v) is 19.0. The van der Waals surface area contributed by atoms with Crippen LogP contribution in [-0.2, 0) is 11.4 Å². The van der Waals surface area contributed by atoms with Gasteiger partial charge in [-0.25, -0.2) is 0 Å². The lowest BCUT2D eigenvalue weighted by Crippen LogP contribution is -2.22. The van der Waals surface area contributed by atoms with Crippen LogP contribution in [0.1, 0.15) is 29.4 Å². The van der Waals surface area contributed by atoms with E-state index in [9.17, 15) is 4.79 Å².